The first kappa shape index (κ1) is 7.25. The topological polar surface area (TPSA) is 59.4 Å². The highest BCUT2D eigenvalue weighted by Crippen LogP contribution is 2.15. The number of H-pyrrole nitrogens is 1. The van der Waals surface area contributed by atoms with Crippen LogP contribution in [0, 0.1) is 0 Å². The van der Waals surface area contributed by atoms with Gasteiger partial charge in [-0.25, -0.2) is 4.68 Å². The van der Waals surface area contributed by atoms with Gasteiger partial charge < -0.3 is 0 Å². The molecular formula is C9H7N5. The number of hydrogen-bond acceptors (Lipinski definition) is 3. The Hall–Kier alpha value is -2.17. The molecule has 2 aromatic heterocycles. The number of aromatic amines is 1. The summed E-state index contributed by atoms with van der Waals surface area (Å²) in [4.78, 5) is 0. The molecule has 0 atom stereocenters. The van der Waals surface area contributed by atoms with E-state index in [0.717, 1.165) is 10.9 Å². The second kappa shape index (κ2) is 2.66. The Morgan fingerprint density at radius 2 is 2.14 bits per heavy atom. The lowest BCUT2D eigenvalue weighted by molar-refractivity contribution is 0.850. The van der Waals surface area contributed by atoms with Crippen molar-refractivity contribution < 1.29 is 0 Å². The van der Waals surface area contributed by atoms with E-state index in [0.29, 0.717) is 5.82 Å². The number of rotatable bonds is 1. The van der Waals surface area contributed by atoms with Crippen LogP contribution in [-0.4, -0.2) is 25.2 Å². The molecule has 0 aliphatic carbocycles. The van der Waals surface area contributed by atoms with Gasteiger partial charge >= 0.3 is 0 Å². The van der Waals surface area contributed by atoms with Crippen molar-refractivity contribution in [2.24, 2.45) is 0 Å². The Bertz CT molecular complexity index is 551. The van der Waals surface area contributed by atoms with E-state index >= 15 is 0 Å². The third-order valence-corrected chi connectivity index (χ3v) is 2.10. The SMILES string of the molecule is c1ccc2c(c1)cnn2-c1c[nH]nn1. The summed E-state index contributed by atoms with van der Waals surface area (Å²) in [5, 5.41) is 15.5. The van der Waals surface area contributed by atoms with Crippen LogP contribution in [0.5, 0.6) is 0 Å². The van der Waals surface area contributed by atoms with E-state index in [1.807, 2.05) is 30.5 Å². The van der Waals surface area contributed by atoms with Crippen molar-refractivity contribution in [3.05, 3.63) is 36.7 Å². The van der Waals surface area contributed by atoms with Gasteiger partial charge in [-0.15, -0.1) is 5.10 Å². The number of para-hydroxylation sites is 1. The summed E-state index contributed by atoms with van der Waals surface area (Å²) in [6, 6.07) is 7.97. The summed E-state index contributed by atoms with van der Waals surface area (Å²) in [5.74, 6) is 0.700. The maximum absolute atomic E-state index is 4.23. The van der Waals surface area contributed by atoms with Crippen LogP contribution in [0.4, 0.5) is 0 Å². The number of nitrogens with zero attached hydrogens (tertiary/aromatic N) is 4. The molecule has 3 aromatic rings. The van der Waals surface area contributed by atoms with Gasteiger partial charge in [-0.2, -0.15) is 5.10 Å². The second-order valence-electron chi connectivity index (χ2n) is 2.95. The molecule has 0 radical (unpaired) electrons. The van der Waals surface area contributed by atoms with Crippen LogP contribution in [-0.2, 0) is 0 Å². The van der Waals surface area contributed by atoms with Gasteiger partial charge in [0.2, 0.25) is 0 Å². The smallest absolute Gasteiger partial charge is 0.195 e. The number of aromatic nitrogens is 5. The Morgan fingerprint density at radius 3 is 3.00 bits per heavy atom. The van der Waals surface area contributed by atoms with Crippen LogP contribution in [0.25, 0.3) is 16.7 Å². The number of hydrogen-bond donors (Lipinski definition) is 1. The lowest BCUT2D eigenvalue weighted by Gasteiger charge is -1.95. The van der Waals surface area contributed by atoms with E-state index in [1.54, 1.807) is 10.9 Å². The van der Waals surface area contributed by atoms with Gasteiger partial charge in [-0.3, -0.25) is 5.10 Å². The summed E-state index contributed by atoms with van der Waals surface area (Å²) >= 11 is 0. The third kappa shape index (κ3) is 0.922. The summed E-state index contributed by atoms with van der Waals surface area (Å²) in [7, 11) is 0. The fraction of sp³-hybridized carbons (Fsp3) is 0. The number of fused-ring (bicyclic) bond motifs is 1. The fourth-order valence-electron chi connectivity index (χ4n) is 1.45. The minimum atomic E-state index is 0.700. The van der Waals surface area contributed by atoms with E-state index in [9.17, 15) is 0 Å². The van der Waals surface area contributed by atoms with Crippen LogP contribution < -0.4 is 0 Å². The minimum Gasteiger partial charge on any atom is -0.263 e. The molecule has 68 valence electrons. The van der Waals surface area contributed by atoms with Crippen LogP contribution in [0.2, 0.25) is 0 Å². The van der Waals surface area contributed by atoms with Gasteiger partial charge in [-0.1, -0.05) is 23.4 Å². The first-order valence-electron chi connectivity index (χ1n) is 4.25. The summed E-state index contributed by atoms with van der Waals surface area (Å²) < 4.78 is 1.75. The molecule has 0 amide bonds. The number of benzene rings is 1. The predicted octanol–water partition coefficient (Wildman–Crippen LogP) is 1.14. The molecule has 0 fully saturated rings. The Balaban J connectivity index is 2.33. The Labute approximate surface area is 79.4 Å². The first-order chi connectivity index (χ1) is 6.95. The largest absolute Gasteiger partial charge is 0.263 e. The maximum atomic E-state index is 4.23. The zero-order chi connectivity index (χ0) is 9.38. The normalized spacial score (nSPS) is 10.9. The Kier molecular flexibility index (Phi) is 1.38. The molecule has 1 N–H and O–H groups in total. The Morgan fingerprint density at radius 1 is 1.21 bits per heavy atom. The predicted molar refractivity (Wildman–Crippen MR) is 51.0 cm³/mol. The molecule has 0 bridgehead atoms. The lowest BCUT2D eigenvalue weighted by atomic mass is 10.3. The average molecular weight is 185 g/mol. The molecule has 0 saturated heterocycles. The molecule has 0 saturated carbocycles. The monoisotopic (exact) mass is 185 g/mol. The highest BCUT2D eigenvalue weighted by molar-refractivity contribution is 5.79. The molecule has 0 unspecified atom stereocenters. The lowest BCUT2D eigenvalue weighted by Crippen LogP contribution is -1.95. The van der Waals surface area contributed by atoms with Crippen molar-refractivity contribution in [1.29, 1.82) is 0 Å². The fourth-order valence-corrected chi connectivity index (χ4v) is 1.45. The first-order valence-corrected chi connectivity index (χ1v) is 4.25. The molecule has 3 rings (SSSR count). The van der Waals surface area contributed by atoms with Crippen LogP contribution >= 0.6 is 0 Å². The van der Waals surface area contributed by atoms with Crippen molar-refractivity contribution in [1.82, 2.24) is 25.2 Å². The van der Waals surface area contributed by atoms with Crippen molar-refractivity contribution in [3.63, 3.8) is 0 Å². The standard InChI is InChI=1S/C9H7N5/c1-2-4-8-7(3-1)5-11-14(8)9-6-10-13-12-9/h1-6H,(H,10,12,13). The summed E-state index contributed by atoms with van der Waals surface area (Å²) in [6.07, 6.45) is 3.52. The van der Waals surface area contributed by atoms with E-state index < -0.39 is 0 Å². The molecule has 0 aliphatic heterocycles. The molecule has 2 heterocycles. The van der Waals surface area contributed by atoms with Gasteiger partial charge in [0.25, 0.3) is 0 Å². The van der Waals surface area contributed by atoms with Crippen molar-refractivity contribution in [2.75, 3.05) is 0 Å². The highest BCUT2D eigenvalue weighted by Gasteiger charge is 2.04. The van der Waals surface area contributed by atoms with E-state index in [2.05, 4.69) is 20.5 Å². The molecular weight excluding hydrogens is 178 g/mol. The van der Waals surface area contributed by atoms with E-state index in [-0.39, 0.29) is 0 Å². The summed E-state index contributed by atoms with van der Waals surface area (Å²) in [6.45, 7) is 0. The van der Waals surface area contributed by atoms with Crippen molar-refractivity contribution in [2.45, 2.75) is 0 Å². The zero-order valence-electron chi connectivity index (χ0n) is 7.25. The number of nitrogens with one attached hydrogen (secondary N) is 1. The van der Waals surface area contributed by atoms with E-state index in [4.69, 9.17) is 0 Å². The summed E-state index contributed by atoms with van der Waals surface area (Å²) in [5.41, 5.74) is 1.03. The molecule has 5 heteroatoms. The quantitative estimate of drug-likeness (QED) is 0.618. The van der Waals surface area contributed by atoms with Crippen LogP contribution in [0.15, 0.2) is 36.7 Å². The molecule has 1 aromatic carbocycles. The minimum absolute atomic E-state index is 0.700. The molecule has 14 heavy (non-hydrogen) atoms. The van der Waals surface area contributed by atoms with Gasteiger partial charge in [0.05, 0.1) is 17.9 Å². The molecule has 0 aliphatic rings. The third-order valence-electron chi connectivity index (χ3n) is 2.10. The van der Waals surface area contributed by atoms with Gasteiger partial charge in [0.15, 0.2) is 5.82 Å². The van der Waals surface area contributed by atoms with Gasteiger partial charge in [0.1, 0.15) is 0 Å². The highest BCUT2D eigenvalue weighted by atomic mass is 15.4. The van der Waals surface area contributed by atoms with Crippen molar-refractivity contribution >= 4 is 10.9 Å². The van der Waals surface area contributed by atoms with Crippen LogP contribution in [0.1, 0.15) is 0 Å². The molecule has 0 spiro atoms. The van der Waals surface area contributed by atoms with Crippen molar-refractivity contribution in [3.8, 4) is 5.82 Å². The van der Waals surface area contributed by atoms with Crippen LogP contribution in [0.3, 0.4) is 0 Å². The van der Waals surface area contributed by atoms with Gasteiger partial charge in [0, 0.05) is 5.39 Å². The average Bonchev–Trinajstić information content (AvgIpc) is 2.85. The zero-order valence-corrected chi connectivity index (χ0v) is 7.25. The maximum Gasteiger partial charge on any atom is 0.195 e. The van der Waals surface area contributed by atoms with E-state index in [1.165, 1.54) is 0 Å². The molecule has 5 nitrogen and oxygen atoms in total. The second-order valence-corrected chi connectivity index (χ2v) is 2.95. The van der Waals surface area contributed by atoms with Gasteiger partial charge in [-0.05, 0) is 6.07 Å².